The third kappa shape index (κ3) is 4.28. The number of anilines is 1. The van der Waals surface area contributed by atoms with Crippen LogP contribution in [0.1, 0.15) is 29.6 Å². The number of aromatic nitrogens is 2. The number of hydrogen-bond donors (Lipinski definition) is 1. The number of hydrogen-bond acceptors (Lipinski definition) is 7. The highest BCUT2D eigenvalue weighted by Gasteiger charge is 2.07. The summed E-state index contributed by atoms with van der Waals surface area (Å²) in [5, 5.41) is 6.13. The summed E-state index contributed by atoms with van der Waals surface area (Å²) >= 11 is 3.19. The van der Waals surface area contributed by atoms with E-state index in [0.717, 1.165) is 23.1 Å². The summed E-state index contributed by atoms with van der Waals surface area (Å²) in [6.45, 7) is 4.97. The summed E-state index contributed by atoms with van der Waals surface area (Å²) in [6, 6.07) is 0. The molecule has 20 heavy (non-hydrogen) atoms. The SMILES string of the molecule is CCOC(=O)CCc1csc(NCc2scnc2C)n1. The second kappa shape index (κ2) is 7.35. The minimum absolute atomic E-state index is 0.171. The highest BCUT2D eigenvalue weighted by atomic mass is 32.1. The number of carbonyl (C=O) groups is 1. The van der Waals surface area contributed by atoms with Gasteiger partial charge in [-0.15, -0.1) is 22.7 Å². The zero-order valence-electron chi connectivity index (χ0n) is 11.5. The Kier molecular flexibility index (Phi) is 5.49. The van der Waals surface area contributed by atoms with Crippen molar-refractivity contribution in [1.82, 2.24) is 9.97 Å². The van der Waals surface area contributed by atoms with Crippen LogP contribution in [0.15, 0.2) is 10.9 Å². The normalized spacial score (nSPS) is 10.5. The van der Waals surface area contributed by atoms with Crippen molar-refractivity contribution in [2.75, 3.05) is 11.9 Å². The van der Waals surface area contributed by atoms with Gasteiger partial charge in [0.15, 0.2) is 5.13 Å². The highest BCUT2D eigenvalue weighted by Crippen LogP contribution is 2.19. The van der Waals surface area contributed by atoms with Crippen molar-refractivity contribution in [3.8, 4) is 0 Å². The van der Waals surface area contributed by atoms with Crippen molar-refractivity contribution in [2.45, 2.75) is 33.2 Å². The Bertz CT molecular complexity index is 565. The maximum atomic E-state index is 11.3. The first-order valence-corrected chi connectivity index (χ1v) is 8.17. The minimum Gasteiger partial charge on any atom is -0.466 e. The molecule has 5 nitrogen and oxygen atoms in total. The molecule has 0 saturated heterocycles. The summed E-state index contributed by atoms with van der Waals surface area (Å²) in [5.41, 5.74) is 3.83. The van der Waals surface area contributed by atoms with Crippen LogP contribution in [0.25, 0.3) is 0 Å². The van der Waals surface area contributed by atoms with Gasteiger partial charge in [0, 0.05) is 16.7 Å². The molecular formula is C13H17N3O2S2. The Morgan fingerprint density at radius 1 is 1.45 bits per heavy atom. The van der Waals surface area contributed by atoms with Gasteiger partial charge in [0.1, 0.15) is 0 Å². The van der Waals surface area contributed by atoms with Gasteiger partial charge >= 0.3 is 5.97 Å². The van der Waals surface area contributed by atoms with E-state index in [4.69, 9.17) is 4.74 Å². The van der Waals surface area contributed by atoms with Crippen molar-refractivity contribution in [3.63, 3.8) is 0 Å². The van der Waals surface area contributed by atoms with Gasteiger partial charge in [-0.1, -0.05) is 0 Å². The topological polar surface area (TPSA) is 64.1 Å². The van der Waals surface area contributed by atoms with Gasteiger partial charge in [-0.2, -0.15) is 0 Å². The number of ether oxygens (including phenoxy) is 1. The second-order valence-corrected chi connectivity index (χ2v) is 5.96. The lowest BCUT2D eigenvalue weighted by molar-refractivity contribution is -0.143. The molecule has 2 rings (SSSR count). The number of nitrogens with zero attached hydrogens (tertiary/aromatic N) is 2. The summed E-state index contributed by atoms with van der Waals surface area (Å²) in [6.07, 6.45) is 1.00. The predicted octanol–water partition coefficient (Wildman–Crippen LogP) is 3.02. The number of esters is 1. The van der Waals surface area contributed by atoms with Crippen molar-refractivity contribution >= 4 is 33.8 Å². The fourth-order valence-electron chi connectivity index (χ4n) is 1.62. The zero-order chi connectivity index (χ0) is 14.4. The van der Waals surface area contributed by atoms with E-state index in [0.29, 0.717) is 19.4 Å². The van der Waals surface area contributed by atoms with Gasteiger partial charge in [-0.05, 0) is 13.8 Å². The van der Waals surface area contributed by atoms with Gasteiger partial charge in [0.2, 0.25) is 0 Å². The summed E-state index contributed by atoms with van der Waals surface area (Å²) in [7, 11) is 0. The first-order valence-electron chi connectivity index (χ1n) is 6.42. The average molecular weight is 311 g/mol. The molecule has 108 valence electrons. The first-order chi connectivity index (χ1) is 9.69. The number of nitrogens with one attached hydrogen (secondary N) is 1. The molecule has 0 aliphatic carbocycles. The fourth-order valence-corrected chi connectivity index (χ4v) is 3.08. The molecular weight excluding hydrogens is 294 g/mol. The summed E-state index contributed by atoms with van der Waals surface area (Å²) in [5.74, 6) is -0.171. The molecule has 2 aromatic rings. The van der Waals surface area contributed by atoms with Crippen LogP contribution in [-0.4, -0.2) is 22.5 Å². The maximum absolute atomic E-state index is 11.3. The monoisotopic (exact) mass is 311 g/mol. The van der Waals surface area contributed by atoms with Crippen molar-refractivity contribution in [2.24, 2.45) is 0 Å². The van der Waals surface area contributed by atoms with E-state index in [1.165, 1.54) is 4.88 Å². The lowest BCUT2D eigenvalue weighted by atomic mass is 10.2. The lowest BCUT2D eigenvalue weighted by Gasteiger charge is -2.01. The molecule has 0 saturated carbocycles. The number of aryl methyl sites for hydroxylation is 2. The average Bonchev–Trinajstić information content (AvgIpc) is 3.03. The van der Waals surface area contributed by atoms with Gasteiger partial charge < -0.3 is 10.1 Å². The maximum Gasteiger partial charge on any atom is 0.306 e. The van der Waals surface area contributed by atoms with E-state index in [-0.39, 0.29) is 5.97 Å². The number of rotatable bonds is 7. The molecule has 0 unspecified atom stereocenters. The molecule has 0 spiro atoms. The van der Waals surface area contributed by atoms with Crippen LogP contribution in [0.2, 0.25) is 0 Å². The number of carbonyl (C=O) groups excluding carboxylic acids is 1. The van der Waals surface area contributed by atoms with Gasteiger partial charge in [0.05, 0.1) is 36.5 Å². The van der Waals surface area contributed by atoms with E-state index in [9.17, 15) is 4.79 Å². The fraction of sp³-hybridized carbons (Fsp3) is 0.462. The zero-order valence-corrected chi connectivity index (χ0v) is 13.1. The van der Waals surface area contributed by atoms with Crippen molar-refractivity contribution in [1.29, 1.82) is 0 Å². The smallest absolute Gasteiger partial charge is 0.306 e. The third-order valence-corrected chi connectivity index (χ3v) is 4.47. The molecule has 0 aliphatic heterocycles. The van der Waals surface area contributed by atoms with E-state index in [1.807, 2.05) is 24.7 Å². The Hall–Kier alpha value is -1.47. The molecule has 0 bridgehead atoms. The summed E-state index contributed by atoms with van der Waals surface area (Å²) < 4.78 is 4.90. The van der Waals surface area contributed by atoms with E-state index in [1.54, 1.807) is 22.7 Å². The quantitative estimate of drug-likeness (QED) is 0.796. The first kappa shape index (κ1) is 14.9. The Balaban J connectivity index is 1.80. The van der Waals surface area contributed by atoms with Gasteiger partial charge in [0.25, 0.3) is 0 Å². The molecule has 7 heteroatoms. The van der Waals surface area contributed by atoms with Crippen LogP contribution in [0.3, 0.4) is 0 Å². The van der Waals surface area contributed by atoms with Crippen molar-refractivity contribution in [3.05, 3.63) is 27.2 Å². The molecule has 2 aromatic heterocycles. The van der Waals surface area contributed by atoms with Crippen LogP contribution in [0, 0.1) is 6.92 Å². The highest BCUT2D eigenvalue weighted by molar-refractivity contribution is 7.13. The van der Waals surface area contributed by atoms with Crippen LogP contribution < -0.4 is 5.32 Å². The largest absolute Gasteiger partial charge is 0.466 e. The third-order valence-electron chi connectivity index (χ3n) is 2.69. The van der Waals surface area contributed by atoms with Crippen LogP contribution in [-0.2, 0) is 22.5 Å². The van der Waals surface area contributed by atoms with Gasteiger partial charge in [-0.25, -0.2) is 9.97 Å². The molecule has 0 atom stereocenters. The molecule has 0 amide bonds. The van der Waals surface area contributed by atoms with E-state index in [2.05, 4.69) is 15.3 Å². The van der Waals surface area contributed by atoms with Crippen LogP contribution >= 0.6 is 22.7 Å². The van der Waals surface area contributed by atoms with Gasteiger partial charge in [-0.3, -0.25) is 4.79 Å². The minimum atomic E-state index is -0.171. The van der Waals surface area contributed by atoms with Crippen LogP contribution in [0.5, 0.6) is 0 Å². The van der Waals surface area contributed by atoms with E-state index >= 15 is 0 Å². The number of thiazole rings is 2. The molecule has 2 heterocycles. The lowest BCUT2D eigenvalue weighted by Crippen LogP contribution is -2.05. The Morgan fingerprint density at radius 3 is 3.00 bits per heavy atom. The molecule has 0 aromatic carbocycles. The van der Waals surface area contributed by atoms with Crippen molar-refractivity contribution < 1.29 is 9.53 Å². The van der Waals surface area contributed by atoms with E-state index < -0.39 is 0 Å². The molecule has 0 radical (unpaired) electrons. The second-order valence-electron chi connectivity index (χ2n) is 4.16. The predicted molar refractivity (Wildman–Crippen MR) is 81.2 cm³/mol. The van der Waals surface area contributed by atoms with Crippen LogP contribution in [0.4, 0.5) is 5.13 Å². The summed E-state index contributed by atoms with van der Waals surface area (Å²) in [4.78, 5) is 21.2. The molecule has 0 aliphatic rings. The molecule has 1 N–H and O–H groups in total. The standard InChI is InChI=1S/C13H17N3O2S2/c1-3-18-12(17)5-4-10-7-19-13(16-10)14-6-11-9(2)15-8-20-11/h7-8H,3-6H2,1-2H3,(H,14,16). The Morgan fingerprint density at radius 2 is 2.30 bits per heavy atom. The molecule has 0 fully saturated rings. The Labute approximate surface area is 126 Å².